The largest absolute Gasteiger partial charge is 0.494 e. The Balaban J connectivity index is 1.41. The second kappa shape index (κ2) is 14.1. The predicted molar refractivity (Wildman–Crippen MR) is 156 cm³/mol. The third kappa shape index (κ3) is 7.30. The normalized spacial score (nSPS) is 13.1. The van der Waals surface area contributed by atoms with Gasteiger partial charge in [0.15, 0.2) is 4.80 Å². The van der Waals surface area contributed by atoms with E-state index in [1.165, 1.54) is 34.4 Å². The van der Waals surface area contributed by atoms with Gasteiger partial charge < -0.3 is 24.1 Å². The van der Waals surface area contributed by atoms with Crippen molar-refractivity contribution in [2.24, 2.45) is 4.99 Å². The molecule has 39 heavy (non-hydrogen) atoms. The predicted octanol–water partition coefficient (Wildman–Crippen LogP) is 4.66. The zero-order valence-electron chi connectivity index (χ0n) is 22.4. The molecule has 1 aliphatic carbocycles. The molecule has 0 saturated heterocycles. The number of benzene rings is 1. The maximum absolute atomic E-state index is 12.7. The zero-order valence-corrected chi connectivity index (χ0v) is 24.8. The molecular formula is C27H33N3O6S3. The van der Waals surface area contributed by atoms with E-state index in [4.69, 9.17) is 14.2 Å². The number of ether oxygens (including phenoxy) is 3. The van der Waals surface area contributed by atoms with Crippen LogP contribution in [0, 0.1) is 0 Å². The van der Waals surface area contributed by atoms with E-state index in [-0.39, 0.29) is 29.9 Å². The summed E-state index contributed by atoms with van der Waals surface area (Å²) < 4.78 is 19.3. The number of nitrogens with one attached hydrogen (secondary N) is 1. The quantitative estimate of drug-likeness (QED) is 0.227. The number of nitrogens with zero attached hydrogens (tertiary/aromatic N) is 2. The van der Waals surface area contributed by atoms with Crippen LogP contribution in [0.5, 0.6) is 5.75 Å². The van der Waals surface area contributed by atoms with Gasteiger partial charge in [0.25, 0.3) is 5.91 Å². The maximum Gasteiger partial charge on any atom is 0.341 e. The fourth-order valence-corrected chi connectivity index (χ4v) is 7.35. The number of carbonyl (C=O) groups excluding carboxylic acids is 3. The molecule has 0 radical (unpaired) electrons. The lowest BCUT2D eigenvalue weighted by atomic mass is 10.1. The van der Waals surface area contributed by atoms with Crippen LogP contribution in [0.2, 0.25) is 0 Å². The number of hydrogen-bond acceptors (Lipinski definition) is 9. The van der Waals surface area contributed by atoms with Crippen molar-refractivity contribution in [1.29, 1.82) is 0 Å². The molecule has 1 N–H and O–H groups in total. The highest BCUT2D eigenvalue weighted by Crippen LogP contribution is 2.39. The van der Waals surface area contributed by atoms with Crippen LogP contribution in [0.15, 0.2) is 23.2 Å². The number of aryl methyl sites for hydroxylation is 1. The Morgan fingerprint density at radius 1 is 1.08 bits per heavy atom. The van der Waals surface area contributed by atoms with Crippen molar-refractivity contribution in [3.8, 4) is 5.75 Å². The summed E-state index contributed by atoms with van der Waals surface area (Å²) >= 11 is 4.05. The second-order valence-electron chi connectivity index (χ2n) is 8.62. The molecule has 12 heteroatoms. The lowest BCUT2D eigenvalue weighted by molar-refractivity contribution is -0.115. The molecule has 210 valence electrons. The van der Waals surface area contributed by atoms with Gasteiger partial charge in [0, 0.05) is 18.0 Å². The maximum atomic E-state index is 12.7. The Kier molecular flexibility index (Phi) is 10.6. The standard InChI is InChI=1S/C27H33N3O6S3/c1-4-34-13-12-30-19-11-10-17(35-5-2)14-21(19)39-27(30)29-23(32)16-37-15-22(31)28-25-24(26(33)36-6-3)18-8-7-9-20(18)38-25/h10-11,14H,4-9,12-13,15-16H2,1-3H3,(H,28,31). The second-order valence-corrected chi connectivity index (χ2v) is 11.7. The van der Waals surface area contributed by atoms with Gasteiger partial charge in [-0.15, -0.1) is 23.1 Å². The lowest BCUT2D eigenvalue weighted by Gasteiger charge is -2.08. The van der Waals surface area contributed by atoms with Gasteiger partial charge >= 0.3 is 5.97 Å². The van der Waals surface area contributed by atoms with Crippen LogP contribution >= 0.6 is 34.4 Å². The number of thiazole rings is 1. The molecule has 1 aromatic carbocycles. The molecule has 2 heterocycles. The number of thioether (sulfide) groups is 1. The van der Waals surface area contributed by atoms with Gasteiger partial charge in [-0.1, -0.05) is 11.3 Å². The van der Waals surface area contributed by atoms with Gasteiger partial charge in [0.05, 0.1) is 47.1 Å². The SMILES string of the molecule is CCOCCn1c(=NC(=O)CSCC(=O)Nc2sc3c(c2C(=O)OCC)CCC3)sc2cc(OCC)ccc21. The van der Waals surface area contributed by atoms with E-state index in [1.807, 2.05) is 36.6 Å². The molecular weight excluding hydrogens is 559 g/mol. The van der Waals surface area contributed by atoms with E-state index < -0.39 is 5.97 Å². The molecule has 2 amide bonds. The van der Waals surface area contributed by atoms with E-state index in [1.54, 1.807) is 6.92 Å². The van der Waals surface area contributed by atoms with Crippen LogP contribution in [-0.2, 0) is 38.4 Å². The van der Waals surface area contributed by atoms with Crippen molar-refractivity contribution in [3.63, 3.8) is 0 Å². The van der Waals surface area contributed by atoms with E-state index in [9.17, 15) is 14.4 Å². The lowest BCUT2D eigenvalue weighted by Crippen LogP contribution is -2.20. The fraction of sp³-hybridized carbons (Fsp3) is 0.481. The first-order chi connectivity index (χ1) is 18.9. The topological polar surface area (TPSA) is 108 Å². The summed E-state index contributed by atoms with van der Waals surface area (Å²) in [5, 5.41) is 3.40. The van der Waals surface area contributed by atoms with Crippen LogP contribution < -0.4 is 14.9 Å². The summed E-state index contributed by atoms with van der Waals surface area (Å²) in [4.78, 5) is 44.0. The van der Waals surface area contributed by atoms with Gasteiger partial charge in [-0.3, -0.25) is 9.59 Å². The first-order valence-electron chi connectivity index (χ1n) is 13.1. The van der Waals surface area contributed by atoms with Gasteiger partial charge in [-0.05, 0) is 63.8 Å². The molecule has 0 bridgehead atoms. The zero-order chi connectivity index (χ0) is 27.8. The molecule has 0 fully saturated rings. The van der Waals surface area contributed by atoms with Crippen LogP contribution in [-0.4, -0.2) is 60.3 Å². The summed E-state index contributed by atoms with van der Waals surface area (Å²) in [5.74, 6) is -0.0936. The van der Waals surface area contributed by atoms with Crippen molar-refractivity contribution >= 4 is 67.4 Å². The summed E-state index contributed by atoms with van der Waals surface area (Å²) in [5.41, 5.74) is 2.43. The van der Waals surface area contributed by atoms with Crippen molar-refractivity contribution < 1.29 is 28.6 Å². The number of esters is 1. The summed E-state index contributed by atoms with van der Waals surface area (Å²) in [6.45, 7) is 8.16. The highest BCUT2D eigenvalue weighted by Gasteiger charge is 2.28. The first-order valence-corrected chi connectivity index (χ1v) is 15.8. The molecule has 1 aliphatic rings. The van der Waals surface area contributed by atoms with E-state index in [0.717, 1.165) is 45.7 Å². The number of aromatic nitrogens is 1. The monoisotopic (exact) mass is 591 g/mol. The molecule has 0 atom stereocenters. The van der Waals surface area contributed by atoms with E-state index in [2.05, 4.69) is 10.3 Å². The third-order valence-electron chi connectivity index (χ3n) is 5.96. The molecule has 0 saturated carbocycles. The Morgan fingerprint density at radius 2 is 1.92 bits per heavy atom. The summed E-state index contributed by atoms with van der Waals surface area (Å²) in [7, 11) is 0. The Bertz CT molecular complexity index is 1410. The molecule has 4 rings (SSSR count). The minimum absolute atomic E-state index is 0.0585. The Hall–Kier alpha value is -2.67. The number of amides is 2. The van der Waals surface area contributed by atoms with Crippen molar-refractivity contribution in [2.45, 2.75) is 46.6 Å². The average molecular weight is 592 g/mol. The third-order valence-corrected chi connectivity index (χ3v) is 9.13. The van der Waals surface area contributed by atoms with Crippen LogP contribution in [0.1, 0.15) is 48.0 Å². The van der Waals surface area contributed by atoms with Crippen molar-refractivity contribution in [3.05, 3.63) is 39.0 Å². The minimum Gasteiger partial charge on any atom is -0.494 e. The Labute approximate surface area is 239 Å². The van der Waals surface area contributed by atoms with Crippen LogP contribution in [0.3, 0.4) is 0 Å². The summed E-state index contributed by atoms with van der Waals surface area (Å²) in [6, 6.07) is 5.83. The number of anilines is 1. The molecule has 3 aromatic rings. The van der Waals surface area contributed by atoms with Crippen LogP contribution in [0.25, 0.3) is 10.2 Å². The summed E-state index contributed by atoms with van der Waals surface area (Å²) in [6.07, 6.45) is 2.72. The van der Waals surface area contributed by atoms with Gasteiger partial charge in [0.1, 0.15) is 10.8 Å². The molecule has 0 spiro atoms. The minimum atomic E-state index is -0.400. The highest BCUT2D eigenvalue weighted by molar-refractivity contribution is 8.00. The molecule has 0 unspecified atom stereocenters. The Morgan fingerprint density at radius 3 is 2.69 bits per heavy atom. The van der Waals surface area contributed by atoms with Crippen molar-refractivity contribution in [2.75, 3.05) is 43.3 Å². The number of hydrogen-bond donors (Lipinski definition) is 1. The molecule has 2 aromatic heterocycles. The highest BCUT2D eigenvalue weighted by atomic mass is 32.2. The van der Waals surface area contributed by atoms with E-state index in [0.29, 0.717) is 41.7 Å². The fourth-order valence-electron chi connectivity index (χ4n) is 4.36. The molecule has 9 nitrogen and oxygen atoms in total. The smallest absolute Gasteiger partial charge is 0.341 e. The van der Waals surface area contributed by atoms with Gasteiger partial charge in [0.2, 0.25) is 5.91 Å². The van der Waals surface area contributed by atoms with Gasteiger partial charge in [-0.2, -0.15) is 4.99 Å². The molecule has 0 aliphatic heterocycles. The van der Waals surface area contributed by atoms with Crippen LogP contribution in [0.4, 0.5) is 5.00 Å². The average Bonchev–Trinajstić information content (AvgIpc) is 3.57. The number of thiophene rings is 1. The number of carbonyl (C=O) groups is 3. The van der Waals surface area contributed by atoms with E-state index >= 15 is 0 Å². The van der Waals surface area contributed by atoms with Crippen molar-refractivity contribution in [1.82, 2.24) is 4.57 Å². The number of rotatable bonds is 13. The van der Waals surface area contributed by atoms with Gasteiger partial charge in [-0.25, -0.2) is 4.79 Å². The number of fused-ring (bicyclic) bond motifs is 2. The first kappa shape index (κ1) is 29.3.